The monoisotopic (exact) mass is 282 g/mol. The van der Waals surface area contributed by atoms with Crippen LogP contribution in [0.15, 0.2) is 11.3 Å². The van der Waals surface area contributed by atoms with Crippen molar-refractivity contribution in [2.24, 2.45) is 0 Å². The third-order valence-electron chi connectivity index (χ3n) is 3.41. The van der Waals surface area contributed by atoms with Crippen molar-refractivity contribution in [1.82, 2.24) is 20.9 Å². The summed E-state index contributed by atoms with van der Waals surface area (Å²) < 4.78 is 5.04. The molecule has 1 fully saturated rings. The highest BCUT2D eigenvalue weighted by molar-refractivity contribution is 5.93. The molecule has 2 rings (SSSR count). The fraction of sp³-hybridized carbons (Fsp3) is 0.692. The number of hydrogen-bond donors (Lipinski definition) is 3. The summed E-state index contributed by atoms with van der Waals surface area (Å²) in [6, 6.07) is 0.143. The summed E-state index contributed by atoms with van der Waals surface area (Å²) in [5, 5.41) is 8.71. The van der Waals surface area contributed by atoms with Gasteiger partial charge in [0.1, 0.15) is 0 Å². The van der Waals surface area contributed by atoms with E-state index in [-0.39, 0.29) is 18.5 Å². The molecule has 1 atom stereocenters. The molecule has 0 spiro atoms. The minimum atomic E-state index is -0.363. The van der Waals surface area contributed by atoms with E-state index in [9.17, 15) is 9.59 Å². The fourth-order valence-electron chi connectivity index (χ4n) is 2.46. The molecular formula is C13H22N4O3. The number of hydrogen-bond acceptors (Lipinski definition) is 5. The zero-order valence-corrected chi connectivity index (χ0v) is 12.0. The van der Waals surface area contributed by atoms with Crippen LogP contribution in [-0.2, 0) is 9.53 Å². The number of ether oxygens (including phenoxy) is 1. The van der Waals surface area contributed by atoms with E-state index in [0.717, 1.165) is 19.6 Å². The van der Waals surface area contributed by atoms with Crippen LogP contribution < -0.4 is 16.0 Å². The lowest BCUT2D eigenvalue weighted by Crippen LogP contribution is -2.52. The Kier molecular flexibility index (Phi) is 4.97. The summed E-state index contributed by atoms with van der Waals surface area (Å²) in [6.45, 7) is 7.70. The van der Waals surface area contributed by atoms with E-state index in [1.54, 1.807) is 6.92 Å². The fourth-order valence-corrected chi connectivity index (χ4v) is 2.46. The lowest BCUT2D eigenvalue weighted by molar-refractivity contribution is -0.138. The molecule has 20 heavy (non-hydrogen) atoms. The maximum Gasteiger partial charge on any atom is 0.337 e. The Hall–Kier alpha value is -1.60. The third kappa shape index (κ3) is 3.71. The average molecular weight is 282 g/mol. The smallest absolute Gasteiger partial charge is 0.337 e. The summed E-state index contributed by atoms with van der Waals surface area (Å²) in [7, 11) is 0. The Morgan fingerprint density at radius 1 is 1.50 bits per heavy atom. The van der Waals surface area contributed by atoms with Gasteiger partial charge in [0, 0.05) is 37.9 Å². The first-order chi connectivity index (χ1) is 9.60. The minimum Gasteiger partial charge on any atom is -0.463 e. The number of urea groups is 1. The molecule has 0 aromatic carbocycles. The zero-order chi connectivity index (χ0) is 14.5. The first kappa shape index (κ1) is 14.8. The molecule has 0 aliphatic carbocycles. The molecule has 1 saturated heterocycles. The average Bonchev–Trinajstić information content (AvgIpc) is 2.39. The molecule has 0 saturated carbocycles. The van der Waals surface area contributed by atoms with Gasteiger partial charge in [-0.1, -0.05) is 0 Å². The van der Waals surface area contributed by atoms with Crippen molar-refractivity contribution < 1.29 is 14.3 Å². The first-order valence-corrected chi connectivity index (χ1v) is 7.00. The van der Waals surface area contributed by atoms with E-state index in [0.29, 0.717) is 30.5 Å². The molecule has 2 heterocycles. The normalized spacial score (nSPS) is 24.1. The second kappa shape index (κ2) is 6.71. The summed E-state index contributed by atoms with van der Waals surface area (Å²) >= 11 is 0. The zero-order valence-electron chi connectivity index (χ0n) is 12.0. The van der Waals surface area contributed by atoms with Gasteiger partial charge in [-0.3, -0.25) is 4.90 Å². The van der Waals surface area contributed by atoms with Crippen LogP contribution in [0.5, 0.6) is 0 Å². The standard InChI is InChI=1S/C13H22N4O3/c1-3-20-12(18)10-6-15-13(19)16-11(10)8-17-5-4-14-9(2)7-17/h9,14H,3-8H2,1-2H3,(H2,15,16,19)/t9-/m0/s1. The quantitative estimate of drug-likeness (QED) is 0.600. The van der Waals surface area contributed by atoms with Crippen molar-refractivity contribution in [3.8, 4) is 0 Å². The van der Waals surface area contributed by atoms with Gasteiger partial charge in [-0.2, -0.15) is 0 Å². The Bertz CT molecular complexity index is 422. The van der Waals surface area contributed by atoms with Crippen molar-refractivity contribution >= 4 is 12.0 Å². The Labute approximate surface area is 118 Å². The van der Waals surface area contributed by atoms with Gasteiger partial charge in [0.2, 0.25) is 0 Å². The van der Waals surface area contributed by atoms with E-state index in [1.807, 2.05) is 0 Å². The summed E-state index contributed by atoms with van der Waals surface area (Å²) in [5.41, 5.74) is 1.17. The topological polar surface area (TPSA) is 82.7 Å². The first-order valence-electron chi connectivity index (χ1n) is 7.00. The number of piperazine rings is 1. The Balaban J connectivity index is 2.09. The number of rotatable bonds is 4. The number of esters is 1. The predicted molar refractivity (Wildman–Crippen MR) is 74.1 cm³/mol. The van der Waals surface area contributed by atoms with E-state index in [4.69, 9.17) is 4.74 Å². The molecule has 0 aromatic rings. The van der Waals surface area contributed by atoms with Crippen LogP contribution >= 0.6 is 0 Å². The molecule has 112 valence electrons. The summed E-state index contributed by atoms with van der Waals surface area (Å²) in [5.74, 6) is -0.363. The number of carbonyl (C=O) groups excluding carboxylic acids is 2. The maximum atomic E-state index is 11.9. The number of amides is 2. The number of nitrogens with one attached hydrogen (secondary N) is 3. The maximum absolute atomic E-state index is 11.9. The molecule has 3 N–H and O–H groups in total. The second-order valence-corrected chi connectivity index (χ2v) is 5.08. The minimum absolute atomic E-state index is 0.224. The Morgan fingerprint density at radius 2 is 2.30 bits per heavy atom. The van der Waals surface area contributed by atoms with Crippen LogP contribution in [0.1, 0.15) is 13.8 Å². The van der Waals surface area contributed by atoms with E-state index in [1.165, 1.54) is 0 Å². The highest BCUT2D eigenvalue weighted by Gasteiger charge is 2.26. The van der Waals surface area contributed by atoms with Crippen LogP contribution in [0.3, 0.4) is 0 Å². The van der Waals surface area contributed by atoms with Crippen molar-refractivity contribution in [2.45, 2.75) is 19.9 Å². The lowest BCUT2D eigenvalue weighted by Gasteiger charge is -2.33. The molecule has 0 aromatic heterocycles. The van der Waals surface area contributed by atoms with E-state index < -0.39 is 0 Å². The molecule has 0 unspecified atom stereocenters. The molecule has 2 amide bonds. The van der Waals surface area contributed by atoms with Crippen LogP contribution in [-0.4, -0.2) is 62.3 Å². The third-order valence-corrected chi connectivity index (χ3v) is 3.41. The number of nitrogens with zero attached hydrogens (tertiary/aromatic N) is 1. The van der Waals surface area contributed by atoms with E-state index in [2.05, 4.69) is 27.8 Å². The summed E-state index contributed by atoms with van der Waals surface area (Å²) in [6.07, 6.45) is 0. The molecule has 7 nitrogen and oxygen atoms in total. The van der Waals surface area contributed by atoms with Crippen LogP contribution in [0.25, 0.3) is 0 Å². The van der Waals surface area contributed by atoms with Gasteiger partial charge >= 0.3 is 12.0 Å². The molecule has 0 radical (unpaired) electrons. The van der Waals surface area contributed by atoms with Crippen molar-refractivity contribution in [3.05, 3.63) is 11.3 Å². The number of carbonyl (C=O) groups is 2. The predicted octanol–water partition coefficient (Wildman–Crippen LogP) is -0.590. The van der Waals surface area contributed by atoms with Gasteiger partial charge in [-0.25, -0.2) is 9.59 Å². The molecule has 2 aliphatic rings. The SMILES string of the molecule is CCOC(=O)C1=C(CN2CCN[C@@H](C)C2)NC(=O)NC1. The lowest BCUT2D eigenvalue weighted by atomic mass is 10.1. The molecule has 0 bridgehead atoms. The van der Waals surface area contributed by atoms with Gasteiger partial charge in [0.05, 0.1) is 18.7 Å². The van der Waals surface area contributed by atoms with E-state index >= 15 is 0 Å². The van der Waals surface area contributed by atoms with Crippen LogP contribution in [0, 0.1) is 0 Å². The molecule has 2 aliphatic heterocycles. The second-order valence-electron chi connectivity index (χ2n) is 5.08. The van der Waals surface area contributed by atoms with Gasteiger partial charge in [-0.15, -0.1) is 0 Å². The Morgan fingerprint density at radius 3 is 3.00 bits per heavy atom. The van der Waals surface area contributed by atoms with Gasteiger partial charge in [-0.05, 0) is 13.8 Å². The van der Waals surface area contributed by atoms with Crippen molar-refractivity contribution in [3.63, 3.8) is 0 Å². The van der Waals surface area contributed by atoms with Gasteiger partial charge < -0.3 is 20.7 Å². The highest BCUT2D eigenvalue weighted by atomic mass is 16.5. The van der Waals surface area contributed by atoms with Gasteiger partial charge in [0.25, 0.3) is 0 Å². The highest BCUT2D eigenvalue weighted by Crippen LogP contribution is 2.11. The largest absolute Gasteiger partial charge is 0.463 e. The van der Waals surface area contributed by atoms with Crippen LogP contribution in [0.4, 0.5) is 4.79 Å². The van der Waals surface area contributed by atoms with Crippen molar-refractivity contribution in [1.29, 1.82) is 0 Å². The van der Waals surface area contributed by atoms with Crippen molar-refractivity contribution in [2.75, 3.05) is 39.3 Å². The molecule has 7 heteroatoms. The summed E-state index contributed by atoms with van der Waals surface area (Å²) in [4.78, 5) is 25.6. The van der Waals surface area contributed by atoms with Crippen LogP contribution in [0.2, 0.25) is 0 Å². The molecular weight excluding hydrogens is 260 g/mol. The van der Waals surface area contributed by atoms with Gasteiger partial charge in [0.15, 0.2) is 0 Å².